The highest BCUT2D eigenvalue weighted by molar-refractivity contribution is 5.89. The predicted octanol–water partition coefficient (Wildman–Crippen LogP) is 1.43. The fraction of sp³-hybridized carbons (Fsp3) is 0.467. The number of carboxylic acids is 1. The van der Waals surface area contributed by atoms with E-state index in [0.29, 0.717) is 26.2 Å². The van der Waals surface area contributed by atoms with Gasteiger partial charge in [-0.05, 0) is 18.4 Å². The summed E-state index contributed by atoms with van der Waals surface area (Å²) in [6.07, 6.45) is 1.19. The van der Waals surface area contributed by atoms with Crippen molar-refractivity contribution in [1.29, 1.82) is 0 Å². The molecule has 0 aliphatic heterocycles. The van der Waals surface area contributed by atoms with Crippen LogP contribution in [0.2, 0.25) is 0 Å². The normalized spacial score (nSPS) is 20.4. The number of nitrogens with one attached hydrogen (secondary N) is 1. The van der Waals surface area contributed by atoms with E-state index in [1.54, 1.807) is 0 Å². The van der Waals surface area contributed by atoms with Gasteiger partial charge in [0.2, 0.25) is 5.91 Å². The molecule has 20 heavy (non-hydrogen) atoms. The fourth-order valence-corrected chi connectivity index (χ4v) is 2.04. The van der Waals surface area contributed by atoms with Crippen molar-refractivity contribution in [2.24, 2.45) is 11.8 Å². The lowest BCUT2D eigenvalue weighted by Crippen LogP contribution is -2.28. The summed E-state index contributed by atoms with van der Waals surface area (Å²) >= 11 is 0. The first-order valence-electron chi connectivity index (χ1n) is 6.80. The van der Waals surface area contributed by atoms with Crippen molar-refractivity contribution in [2.75, 3.05) is 13.2 Å². The van der Waals surface area contributed by atoms with Crippen LogP contribution in [0.4, 0.5) is 0 Å². The molecule has 0 heterocycles. The van der Waals surface area contributed by atoms with Crippen LogP contribution < -0.4 is 5.32 Å². The Labute approximate surface area is 117 Å². The minimum atomic E-state index is -0.878. The predicted molar refractivity (Wildman–Crippen MR) is 73.0 cm³/mol. The molecule has 1 amide bonds. The summed E-state index contributed by atoms with van der Waals surface area (Å²) in [5, 5.41) is 11.5. The largest absolute Gasteiger partial charge is 0.481 e. The van der Waals surface area contributed by atoms with Gasteiger partial charge in [-0.3, -0.25) is 9.59 Å². The molecule has 1 aliphatic rings. The maximum absolute atomic E-state index is 11.6. The smallest absolute Gasteiger partial charge is 0.307 e. The summed E-state index contributed by atoms with van der Waals surface area (Å²) in [7, 11) is 0. The molecule has 1 aromatic carbocycles. The van der Waals surface area contributed by atoms with E-state index in [4.69, 9.17) is 9.84 Å². The topological polar surface area (TPSA) is 75.6 Å². The molecule has 1 aromatic rings. The summed E-state index contributed by atoms with van der Waals surface area (Å²) in [4.78, 5) is 22.2. The molecule has 0 saturated heterocycles. The van der Waals surface area contributed by atoms with Crippen LogP contribution >= 0.6 is 0 Å². The second-order valence-electron chi connectivity index (χ2n) is 4.97. The number of carboxylic acid groups (broad SMARTS) is 1. The third-order valence-corrected chi connectivity index (χ3v) is 3.32. The van der Waals surface area contributed by atoms with Gasteiger partial charge in [0.15, 0.2) is 0 Å². The van der Waals surface area contributed by atoms with Crippen LogP contribution in [0.1, 0.15) is 18.4 Å². The summed E-state index contributed by atoms with van der Waals surface area (Å²) in [5.41, 5.74) is 1.12. The Morgan fingerprint density at radius 2 is 2.00 bits per heavy atom. The van der Waals surface area contributed by atoms with E-state index in [1.807, 2.05) is 30.3 Å². The Balaban J connectivity index is 1.50. The second kappa shape index (κ2) is 7.05. The van der Waals surface area contributed by atoms with Crippen molar-refractivity contribution in [1.82, 2.24) is 5.32 Å². The van der Waals surface area contributed by atoms with Crippen molar-refractivity contribution in [3.8, 4) is 0 Å². The van der Waals surface area contributed by atoms with E-state index in [9.17, 15) is 9.59 Å². The Hall–Kier alpha value is -1.88. The lowest BCUT2D eigenvalue weighted by molar-refractivity contribution is -0.140. The van der Waals surface area contributed by atoms with Crippen LogP contribution in [0, 0.1) is 11.8 Å². The van der Waals surface area contributed by atoms with Crippen molar-refractivity contribution in [2.45, 2.75) is 19.4 Å². The van der Waals surface area contributed by atoms with Gasteiger partial charge in [0.05, 0.1) is 18.4 Å². The first-order valence-corrected chi connectivity index (χ1v) is 6.80. The van der Waals surface area contributed by atoms with Gasteiger partial charge in [-0.2, -0.15) is 0 Å². The van der Waals surface area contributed by atoms with E-state index >= 15 is 0 Å². The molecular formula is C15H19NO4. The number of amides is 1. The summed E-state index contributed by atoms with van der Waals surface area (Å²) in [5.74, 6) is -1.85. The van der Waals surface area contributed by atoms with E-state index in [2.05, 4.69) is 5.32 Å². The molecule has 108 valence electrons. The molecule has 5 heteroatoms. The third kappa shape index (κ3) is 4.35. The van der Waals surface area contributed by atoms with Gasteiger partial charge >= 0.3 is 5.97 Å². The lowest BCUT2D eigenvalue weighted by atomic mass is 10.2. The van der Waals surface area contributed by atoms with Gasteiger partial charge in [-0.1, -0.05) is 30.3 Å². The Kier molecular flexibility index (Phi) is 5.12. The standard InChI is InChI=1S/C15H19NO4/c17-14(12-9-13(12)15(18)19)16-7-4-8-20-10-11-5-2-1-3-6-11/h1-3,5-6,12-13H,4,7-10H2,(H,16,17)(H,18,19)/t12-,13+/m1/s1. The zero-order valence-corrected chi connectivity index (χ0v) is 11.2. The van der Waals surface area contributed by atoms with Gasteiger partial charge in [0, 0.05) is 13.2 Å². The molecule has 2 atom stereocenters. The average molecular weight is 277 g/mol. The van der Waals surface area contributed by atoms with E-state index in [-0.39, 0.29) is 11.8 Å². The molecule has 0 unspecified atom stereocenters. The number of carbonyl (C=O) groups is 2. The van der Waals surface area contributed by atoms with Gasteiger partial charge in [0.25, 0.3) is 0 Å². The highest BCUT2D eigenvalue weighted by Crippen LogP contribution is 2.38. The number of hydrogen-bond donors (Lipinski definition) is 2. The fourth-order valence-electron chi connectivity index (χ4n) is 2.04. The molecule has 2 N–H and O–H groups in total. The van der Waals surface area contributed by atoms with Crippen molar-refractivity contribution >= 4 is 11.9 Å². The number of aliphatic carboxylic acids is 1. The Bertz CT molecular complexity index is 460. The quantitative estimate of drug-likeness (QED) is 0.705. The SMILES string of the molecule is O=C(O)[C@H]1C[C@H]1C(=O)NCCCOCc1ccccc1. The van der Waals surface area contributed by atoms with Crippen molar-refractivity contribution < 1.29 is 19.4 Å². The molecule has 0 spiro atoms. The Morgan fingerprint density at radius 1 is 1.25 bits per heavy atom. The van der Waals surface area contributed by atoms with Crippen LogP contribution in [-0.4, -0.2) is 30.1 Å². The van der Waals surface area contributed by atoms with E-state index < -0.39 is 11.9 Å². The number of rotatable bonds is 8. The maximum Gasteiger partial charge on any atom is 0.307 e. The zero-order chi connectivity index (χ0) is 14.4. The number of ether oxygens (including phenoxy) is 1. The van der Waals surface area contributed by atoms with Crippen molar-refractivity contribution in [3.05, 3.63) is 35.9 Å². The molecule has 2 rings (SSSR count). The molecule has 1 saturated carbocycles. The van der Waals surface area contributed by atoms with Crippen LogP contribution in [0.25, 0.3) is 0 Å². The Morgan fingerprint density at radius 3 is 2.65 bits per heavy atom. The van der Waals surface area contributed by atoms with Crippen LogP contribution in [0.3, 0.4) is 0 Å². The summed E-state index contributed by atoms with van der Waals surface area (Å²) < 4.78 is 5.49. The van der Waals surface area contributed by atoms with E-state index in [1.165, 1.54) is 0 Å². The van der Waals surface area contributed by atoms with Gasteiger partial charge in [0.1, 0.15) is 0 Å². The number of carbonyl (C=O) groups excluding carboxylic acids is 1. The van der Waals surface area contributed by atoms with Crippen LogP contribution in [0.5, 0.6) is 0 Å². The third-order valence-electron chi connectivity index (χ3n) is 3.32. The first-order chi connectivity index (χ1) is 9.68. The van der Waals surface area contributed by atoms with Crippen molar-refractivity contribution in [3.63, 3.8) is 0 Å². The monoisotopic (exact) mass is 277 g/mol. The molecule has 1 aliphatic carbocycles. The zero-order valence-electron chi connectivity index (χ0n) is 11.2. The van der Waals surface area contributed by atoms with Crippen LogP contribution in [-0.2, 0) is 20.9 Å². The first kappa shape index (κ1) is 14.5. The highest BCUT2D eigenvalue weighted by atomic mass is 16.5. The average Bonchev–Trinajstić information content (AvgIpc) is 3.24. The second-order valence-corrected chi connectivity index (χ2v) is 4.97. The van der Waals surface area contributed by atoms with Gasteiger partial charge in [-0.25, -0.2) is 0 Å². The lowest BCUT2D eigenvalue weighted by Gasteiger charge is -2.06. The molecule has 5 nitrogen and oxygen atoms in total. The van der Waals surface area contributed by atoms with Crippen LogP contribution in [0.15, 0.2) is 30.3 Å². The molecule has 0 bridgehead atoms. The molecule has 0 radical (unpaired) electrons. The highest BCUT2D eigenvalue weighted by Gasteiger charge is 2.48. The summed E-state index contributed by atoms with van der Waals surface area (Å²) in [6, 6.07) is 9.89. The molecule has 0 aromatic heterocycles. The minimum absolute atomic E-state index is 0.152. The van der Waals surface area contributed by atoms with E-state index in [0.717, 1.165) is 12.0 Å². The summed E-state index contributed by atoms with van der Waals surface area (Å²) in [6.45, 7) is 1.66. The number of hydrogen-bond acceptors (Lipinski definition) is 3. The van der Waals surface area contributed by atoms with Gasteiger partial charge in [-0.15, -0.1) is 0 Å². The molecular weight excluding hydrogens is 258 g/mol. The molecule has 1 fully saturated rings. The maximum atomic E-state index is 11.6. The minimum Gasteiger partial charge on any atom is -0.481 e. The van der Waals surface area contributed by atoms with Gasteiger partial charge < -0.3 is 15.2 Å². The number of benzene rings is 1.